The Bertz CT molecular complexity index is 1390. The van der Waals surface area contributed by atoms with Crippen molar-refractivity contribution in [2.24, 2.45) is 5.73 Å². The second-order valence-corrected chi connectivity index (χ2v) is 9.38. The van der Waals surface area contributed by atoms with E-state index in [9.17, 15) is 22.8 Å². The number of nitrogens with one attached hydrogen (secondary N) is 1. The largest absolute Gasteiger partial charge is 0.452 e. The third kappa shape index (κ3) is 4.62. The van der Waals surface area contributed by atoms with Crippen LogP contribution in [0.2, 0.25) is 0 Å². The van der Waals surface area contributed by atoms with Gasteiger partial charge in [-0.25, -0.2) is 13.2 Å². The van der Waals surface area contributed by atoms with Crippen molar-refractivity contribution in [3.63, 3.8) is 0 Å². The molecule has 174 valence electrons. The Kier molecular flexibility index (Phi) is 6.33. The van der Waals surface area contributed by atoms with Gasteiger partial charge in [-0.2, -0.15) is 0 Å². The zero-order chi connectivity index (χ0) is 24.3. The van der Waals surface area contributed by atoms with Gasteiger partial charge in [-0.05, 0) is 48.4 Å². The smallest absolute Gasteiger partial charge is 0.338 e. The fraction of sp³-hybridized carbons (Fsp3) is 0.125. The summed E-state index contributed by atoms with van der Waals surface area (Å²) in [6, 6.07) is 18.9. The SMILES string of the molecule is NC(=O)c1ccccc1NC(=O)COC(=O)c1cccc(S(=O)(=O)N2CCc3ccccc32)c1. The van der Waals surface area contributed by atoms with E-state index in [-0.39, 0.29) is 21.7 Å². The third-order valence-electron chi connectivity index (χ3n) is 5.30. The van der Waals surface area contributed by atoms with Crippen LogP contribution in [0.5, 0.6) is 0 Å². The molecule has 10 heteroatoms. The number of para-hydroxylation sites is 2. The number of amides is 2. The van der Waals surface area contributed by atoms with Crippen molar-refractivity contribution in [2.75, 3.05) is 22.8 Å². The summed E-state index contributed by atoms with van der Waals surface area (Å²) in [5.74, 6) is -2.26. The van der Waals surface area contributed by atoms with E-state index in [0.29, 0.717) is 18.7 Å². The molecule has 0 radical (unpaired) electrons. The zero-order valence-corrected chi connectivity index (χ0v) is 18.7. The first-order valence-electron chi connectivity index (χ1n) is 10.3. The Labute approximate surface area is 196 Å². The second-order valence-electron chi connectivity index (χ2n) is 7.52. The van der Waals surface area contributed by atoms with E-state index in [1.54, 1.807) is 24.3 Å². The molecule has 9 nitrogen and oxygen atoms in total. The van der Waals surface area contributed by atoms with Crippen LogP contribution >= 0.6 is 0 Å². The molecule has 4 rings (SSSR count). The molecular formula is C24H21N3O6S. The van der Waals surface area contributed by atoms with Gasteiger partial charge in [-0.15, -0.1) is 0 Å². The average Bonchev–Trinajstić information content (AvgIpc) is 3.28. The van der Waals surface area contributed by atoms with E-state index in [1.165, 1.54) is 40.7 Å². The lowest BCUT2D eigenvalue weighted by Gasteiger charge is -2.19. The maximum absolute atomic E-state index is 13.2. The predicted molar refractivity (Wildman–Crippen MR) is 125 cm³/mol. The summed E-state index contributed by atoms with van der Waals surface area (Å²) < 4.78 is 32.8. The number of fused-ring (bicyclic) bond motifs is 1. The molecule has 0 bridgehead atoms. The van der Waals surface area contributed by atoms with Gasteiger partial charge < -0.3 is 15.8 Å². The van der Waals surface area contributed by atoms with Crippen LogP contribution in [0.1, 0.15) is 26.3 Å². The summed E-state index contributed by atoms with van der Waals surface area (Å²) in [4.78, 5) is 36.1. The molecule has 0 spiro atoms. The standard InChI is InChI=1S/C24H21N3O6S/c25-23(29)19-9-2-3-10-20(19)26-22(28)15-33-24(30)17-7-5-8-18(14-17)34(31,32)27-13-12-16-6-1-4-11-21(16)27/h1-11,14H,12-13,15H2,(H2,25,29)(H,26,28). The van der Waals surface area contributed by atoms with Crippen molar-refractivity contribution < 1.29 is 27.5 Å². The van der Waals surface area contributed by atoms with Gasteiger partial charge in [0.1, 0.15) is 0 Å². The lowest BCUT2D eigenvalue weighted by atomic mass is 10.1. The zero-order valence-electron chi connectivity index (χ0n) is 17.9. The molecule has 0 unspecified atom stereocenters. The first-order chi connectivity index (χ1) is 16.3. The van der Waals surface area contributed by atoms with Crippen LogP contribution in [0.3, 0.4) is 0 Å². The van der Waals surface area contributed by atoms with Crippen LogP contribution in [-0.2, 0) is 26.0 Å². The molecule has 3 N–H and O–H groups in total. The van der Waals surface area contributed by atoms with Crippen molar-refractivity contribution in [3.8, 4) is 0 Å². The fourth-order valence-corrected chi connectivity index (χ4v) is 5.23. The van der Waals surface area contributed by atoms with Crippen LogP contribution < -0.4 is 15.4 Å². The fourth-order valence-electron chi connectivity index (χ4n) is 3.68. The first kappa shape index (κ1) is 23.0. The molecule has 1 aliphatic rings. The molecule has 0 fully saturated rings. The molecule has 1 aliphatic heterocycles. The number of sulfonamides is 1. The van der Waals surface area contributed by atoms with Crippen LogP contribution in [0.15, 0.2) is 77.7 Å². The van der Waals surface area contributed by atoms with Gasteiger partial charge in [0.25, 0.3) is 21.8 Å². The monoisotopic (exact) mass is 479 g/mol. The molecule has 0 aromatic heterocycles. The maximum atomic E-state index is 13.2. The molecule has 3 aromatic rings. The van der Waals surface area contributed by atoms with Gasteiger partial charge in [-0.1, -0.05) is 36.4 Å². The van der Waals surface area contributed by atoms with Crippen molar-refractivity contribution in [1.82, 2.24) is 0 Å². The van der Waals surface area contributed by atoms with Crippen molar-refractivity contribution in [2.45, 2.75) is 11.3 Å². The van der Waals surface area contributed by atoms with Gasteiger partial charge >= 0.3 is 5.97 Å². The number of nitrogens with zero attached hydrogens (tertiary/aromatic N) is 1. The Morgan fingerprint density at radius 2 is 1.71 bits per heavy atom. The van der Waals surface area contributed by atoms with E-state index in [4.69, 9.17) is 10.5 Å². The van der Waals surface area contributed by atoms with Gasteiger partial charge in [0.05, 0.1) is 27.4 Å². The summed E-state index contributed by atoms with van der Waals surface area (Å²) in [5, 5.41) is 2.46. The summed E-state index contributed by atoms with van der Waals surface area (Å²) in [6.45, 7) is -0.328. The van der Waals surface area contributed by atoms with Crippen molar-refractivity contribution in [1.29, 1.82) is 0 Å². The van der Waals surface area contributed by atoms with Crippen molar-refractivity contribution in [3.05, 3.63) is 89.5 Å². The normalized spacial score (nSPS) is 12.6. The highest BCUT2D eigenvalue weighted by atomic mass is 32.2. The van der Waals surface area contributed by atoms with E-state index in [1.807, 2.05) is 12.1 Å². The Balaban J connectivity index is 1.45. The van der Waals surface area contributed by atoms with E-state index < -0.39 is 34.4 Å². The number of esters is 1. The summed E-state index contributed by atoms with van der Waals surface area (Å²) >= 11 is 0. The number of hydrogen-bond donors (Lipinski definition) is 2. The molecule has 1 heterocycles. The quantitative estimate of drug-likeness (QED) is 0.499. The Morgan fingerprint density at radius 1 is 0.971 bits per heavy atom. The van der Waals surface area contributed by atoms with Crippen LogP contribution in [0.25, 0.3) is 0 Å². The number of anilines is 2. The number of carbonyl (C=O) groups excluding carboxylic acids is 3. The number of rotatable bonds is 7. The second kappa shape index (κ2) is 9.36. The van der Waals surface area contributed by atoms with Gasteiger partial charge in [0.2, 0.25) is 0 Å². The first-order valence-corrected chi connectivity index (χ1v) is 11.8. The number of benzene rings is 3. The molecule has 0 aliphatic carbocycles. The van der Waals surface area contributed by atoms with Gasteiger partial charge in [0, 0.05) is 6.54 Å². The van der Waals surface area contributed by atoms with Gasteiger partial charge in [-0.3, -0.25) is 13.9 Å². The third-order valence-corrected chi connectivity index (χ3v) is 7.11. The minimum Gasteiger partial charge on any atom is -0.452 e. The molecule has 0 atom stereocenters. The number of primary amides is 1. The molecule has 2 amide bonds. The van der Waals surface area contributed by atoms with Crippen LogP contribution in [0, 0.1) is 0 Å². The molecular weight excluding hydrogens is 458 g/mol. The summed E-state index contributed by atoms with van der Waals surface area (Å²) in [5.41, 5.74) is 7.12. The van der Waals surface area contributed by atoms with Crippen LogP contribution in [0.4, 0.5) is 11.4 Å². The highest BCUT2D eigenvalue weighted by Crippen LogP contribution is 2.32. The highest BCUT2D eigenvalue weighted by Gasteiger charge is 2.31. The molecule has 0 saturated heterocycles. The molecule has 34 heavy (non-hydrogen) atoms. The minimum absolute atomic E-state index is 0.0149. The average molecular weight is 480 g/mol. The van der Waals surface area contributed by atoms with E-state index >= 15 is 0 Å². The lowest BCUT2D eigenvalue weighted by molar-refractivity contribution is -0.119. The molecule has 0 saturated carbocycles. The molecule has 3 aromatic carbocycles. The number of nitrogens with two attached hydrogens (primary N) is 1. The van der Waals surface area contributed by atoms with E-state index in [2.05, 4.69) is 5.32 Å². The lowest BCUT2D eigenvalue weighted by Crippen LogP contribution is -2.29. The number of ether oxygens (including phenoxy) is 1. The van der Waals surface area contributed by atoms with Crippen molar-refractivity contribution >= 4 is 39.2 Å². The number of hydrogen-bond acceptors (Lipinski definition) is 6. The Morgan fingerprint density at radius 3 is 2.50 bits per heavy atom. The Hall–Kier alpha value is -4.18. The maximum Gasteiger partial charge on any atom is 0.338 e. The van der Waals surface area contributed by atoms with Crippen LogP contribution in [-0.4, -0.2) is 39.4 Å². The van der Waals surface area contributed by atoms with E-state index in [0.717, 1.165) is 5.56 Å². The van der Waals surface area contributed by atoms with Gasteiger partial charge in [0.15, 0.2) is 6.61 Å². The minimum atomic E-state index is -3.89. The summed E-state index contributed by atoms with van der Waals surface area (Å²) in [6.07, 6.45) is 0.602. The number of carbonyl (C=O) groups is 3. The predicted octanol–water partition coefficient (Wildman–Crippen LogP) is 2.33. The highest BCUT2D eigenvalue weighted by molar-refractivity contribution is 7.92. The topological polar surface area (TPSA) is 136 Å². The summed E-state index contributed by atoms with van der Waals surface area (Å²) in [7, 11) is -3.89.